The van der Waals surface area contributed by atoms with Crippen molar-refractivity contribution in [2.45, 2.75) is 40.2 Å². The van der Waals surface area contributed by atoms with Crippen molar-refractivity contribution in [2.75, 3.05) is 29.9 Å². The van der Waals surface area contributed by atoms with Crippen LogP contribution in [0.2, 0.25) is 0 Å². The van der Waals surface area contributed by atoms with E-state index in [1.165, 1.54) is 5.56 Å². The highest BCUT2D eigenvalue weighted by molar-refractivity contribution is 5.96. The average molecular weight is 396 g/mol. The molecule has 29 heavy (non-hydrogen) atoms. The van der Waals surface area contributed by atoms with Gasteiger partial charge in [-0.05, 0) is 50.5 Å². The fourth-order valence-corrected chi connectivity index (χ4v) is 3.68. The Morgan fingerprint density at radius 3 is 2.52 bits per heavy atom. The van der Waals surface area contributed by atoms with Crippen molar-refractivity contribution in [1.82, 2.24) is 5.32 Å². The molecule has 1 aliphatic rings. The molecule has 2 amide bonds. The summed E-state index contributed by atoms with van der Waals surface area (Å²) in [4.78, 5) is 27.2. The summed E-state index contributed by atoms with van der Waals surface area (Å²) in [7, 11) is 0. The Labute approximate surface area is 172 Å². The van der Waals surface area contributed by atoms with Crippen molar-refractivity contribution in [3.63, 3.8) is 0 Å². The van der Waals surface area contributed by atoms with Gasteiger partial charge in [-0.2, -0.15) is 0 Å². The van der Waals surface area contributed by atoms with Gasteiger partial charge in [0.15, 0.2) is 6.10 Å². The molecule has 0 saturated carbocycles. The van der Waals surface area contributed by atoms with E-state index in [0.29, 0.717) is 18.8 Å². The third-order valence-corrected chi connectivity index (χ3v) is 4.98. The molecule has 2 N–H and O–H groups in total. The number of anilines is 2. The maximum atomic E-state index is 12.8. The summed E-state index contributed by atoms with van der Waals surface area (Å²) in [6, 6.07) is 11.6. The summed E-state index contributed by atoms with van der Waals surface area (Å²) < 4.78 is 5.89. The van der Waals surface area contributed by atoms with Gasteiger partial charge >= 0.3 is 0 Å². The van der Waals surface area contributed by atoms with Crippen molar-refractivity contribution in [3.8, 4) is 5.75 Å². The Hall–Kier alpha value is -3.02. The average Bonchev–Trinajstić information content (AvgIpc) is 2.68. The van der Waals surface area contributed by atoms with Gasteiger partial charge in [0.1, 0.15) is 5.75 Å². The van der Waals surface area contributed by atoms with Crippen LogP contribution in [0.5, 0.6) is 5.75 Å². The van der Waals surface area contributed by atoms with E-state index in [1.54, 1.807) is 0 Å². The zero-order valence-corrected chi connectivity index (χ0v) is 17.5. The molecule has 0 saturated heterocycles. The highest BCUT2D eigenvalue weighted by Gasteiger charge is 2.31. The third-order valence-electron chi connectivity index (χ3n) is 4.98. The van der Waals surface area contributed by atoms with Crippen molar-refractivity contribution in [3.05, 3.63) is 53.1 Å². The van der Waals surface area contributed by atoms with Crippen LogP contribution in [0.4, 0.5) is 11.4 Å². The number of para-hydroxylation sites is 2. The molecule has 1 heterocycles. The number of nitrogens with one attached hydrogen (secondary N) is 2. The molecule has 6 nitrogen and oxygen atoms in total. The highest BCUT2D eigenvalue weighted by atomic mass is 16.5. The summed E-state index contributed by atoms with van der Waals surface area (Å²) in [6.07, 6.45) is 0.211. The molecule has 6 heteroatoms. The van der Waals surface area contributed by atoms with Crippen LogP contribution in [0, 0.1) is 20.8 Å². The Morgan fingerprint density at radius 2 is 1.83 bits per heavy atom. The van der Waals surface area contributed by atoms with Gasteiger partial charge in [0.2, 0.25) is 5.91 Å². The largest absolute Gasteiger partial charge is 0.477 e. The van der Waals surface area contributed by atoms with Crippen LogP contribution >= 0.6 is 0 Å². The quantitative estimate of drug-likeness (QED) is 0.787. The predicted octanol–water partition coefficient (Wildman–Crippen LogP) is 3.34. The minimum Gasteiger partial charge on any atom is -0.477 e. The number of fused-ring (bicyclic) bond motifs is 1. The van der Waals surface area contributed by atoms with Crippen LogP contribution in [-0.2, 0) is 9.59 Å². The smallest absolute Gasteiger partial charge is 0.262 e. The van der Waals surface area contributed by atoms with Crippen molar-refractivity contribution < 1.29 is 14.3 Å². The van der Waals surface area contributed by atoms with Gasteiger partial charge in [-0.25, -0.2) is 0 Å². The van der Waals surface area contributed by atoms with Gasteiger partial charge in [0.05, 0.1) is 18.8 Å². The molecule has 0 radical (unpaired) electrons. The van der Waals surface area contributed by atoms with Gasteiger partial charge in [-0.3, -0.25) is 9.59 Å². The van der Waals surface area contributed by atoms with Gasteiger partial charge in [-0.1, -0.05) is 36.8 Å². The first kappa shape index (κ1) is 20.7. The van der Waals surface area contributed by atoms with E-state index in [1.807, 2.05) is 56.9 Å². The van der Waals surface area contributed by atoms with Crippen LogP contribution in [0.25, 0.3) is 0 Å². The number of amides is 2. The van der Waals surface area contributed by atoms with Crippen molar-refractivity contribution in [2.24, 2.45) is 0 Å². The minimum atomic E-state index is -0.646. The summed E-state index contributed by atoms with van der Waals surface area (Å²) >= 11 is 0. The van der Waals surface area contributed by atoms with E-state index in [9.17, 15) is 9.59 Å². The van der Waals surface area contributed by atoms with Gasteiger partial charge in [0, 0.05) is 12.2 Å². The molecule has 2 aromatic rings. The molecule has 0 spiro atoms. The molecule has 1 atom stereocenters. The van der Waals surface area contributed by atoms with Crippen molar-refractivity contribution >= 4 is 23.2 Å². The van der Waals surface area contributed by atoms with Gasteiger partial charge < -0.3 is 20.3 Å². The Bertz CT molecular complexity index is 887. The lowest BCUT2D eigenvalue weighted by Crippen LogP contribution is -2.50. The number of carbonyl (C=O) groups is 2. The van der Waals surface area contributed by atoms with Crippen molar-refractivity contribution in [1.29, 1.82) is 0 Å². The van der Waals surface area contributed by atoms with Crippen LogP contribution < -0.4 is 20.3 Å². The monoisotopic (exact) mass is 395 g/mol. The Kier molecular flexibility index (Phi) is 6.42. The molecule has 0 aliphatic carbocycles. The second kappa shape index (κ2) is 8.99. The maximum Gasteiger partial charge on any atom is 0.262 e. The summed E-state index contributed by atoms with van der Waals surface area (Å²) in [6.45, 7) is 9.10. The fourth-order valence-electron chi connectivity index (χ4n) is 3.68. The number of benzene rings is 2. The molecule has 154 valence electrons. The third kappa shape index (κ3) is 4.88. The summed E-state index contributed by atoms with van der Waals surface area (Å²) in [5.41, 5.74) is 4.91. The number of nitrogens with zero attached hydrogens (tertiary/aromatic N) is 1. The van der Waals surface area contributed by atoms with E-state index in [4.69, 9.17) is 4.74 Å². The topological polar surface area (TPSA) is 70.7 Å². The van der Waals surface area contributed by atoms with Gasteiger partial charge in [-0.15, -0.1) is 0 Å². The molecular weight excluding hydrogens is 366 g/mol. The van der Waals surface area contributed by atoms with Crippen LogP contribution in [0.1, 0.15) is 30.0 Å². The number of hydrogen-bond donors (Lipinski definition) is 2. The Balaban J connectivity index is 1.76. The molecular formula is C23H29N3O3. The number of hydrogen-bond acceptors (Lipinski definition) is 4. The zero-order valence-electron chi connectivity index (χ0n) is 17.5. The lowest BCUT2D eigenvalue weighted by Gasteiger charge is -2.35. The lowest BCUT2D eigenvalue weighted by molar-refractivity contribution is -0.128. The second-order valence-corrected chi connectivity index (χ2v) is 7.57. The molecule has 1 aliphatic heterocycles. The Morgan fingerprint density at radius 1 is 1.14 bits per heavy atom. The van der Waals surface area contributed by atoms with E-state index in [-0.39, 0.29) is 18.4 Å². The zero-order chi connectivity index (χ0) is 21.0. The molecule has 2 aromatic carbocycles. The molecule has 0 unspecified atom stereocenters. The molecule has 3 rings (SSSR count). The normalized spacial score (nSPS) is 15.3. The van der Waals surface area contributed by atoms with E-state index < -0.39 is 6.10 Å². The number of aryl methyl sites for hydroxylation is 3. The number of rotatable bonds is 6. The summed E-state index contributed by atoms with van der Waals surface area (Å²) in [5.74, 6) is 0.340. The second-order valence-electron chi connectivity index (χ2n) is 7.57. The molecule has 0 aromatic heterocycles. The van der Waals surface area contributed by atoms with Crippen LogP contribution in [0.3, 0.4) is 0 Å². The standard InChI is InChI=1S/C23H29N3O3/c1-5-10-24-23(28)20-13-26(18-8-6-7-9-19(18)29-20)14-21(27)25-22-16(3)11-15(2)12-17(22)4/h6-9,11-12,20H,5,10,13-14H2,1-4H3,(H,24,28)(H,25,27)/t20-/m1/s1. The number of ether oxygens (including phenoxy) is 1. The first-order valence-corrected chi connectivity index (χ1v) is 10.0. The van der Waals surface area contributed by atoms with E-state index >= 15 is 0 Å². The molecule has 0 fully saturated rings. The van der Waals surface area contributed by atoms with Crippen LogP contribution in [-0.4, -0.2) is 37.6 Å². The van der Waals surface area contributed by atoms with E-state index in [2.05, 4.69) is 22.8 Å². The maximum absolute atomic E-state index is 12.8. The minimum absolute atomic E-state index is 0.121. The molecule has 0 bridgehead atoms. The summed E-state index contributed by atoms with van der Waals surface area (Å²) in [5, 5.41) is 5.92. The SMILES string of the molecule is CCCNC(=O)[C@H]1CN(CC(=O)Nc2c(C)cc(C)cc2C)c2ccccc2O1. The van der Waals surface area contributed by atoms with Gasteiger partial charge in [0.25, 0.3) is 5.91 Å². The first-order chi connectivity index (χ1) is 13.9. The first-order valence-electron chi connectivity index (χ1n) is 10.0. The fraction of sp³-hybridized carbons (Fsp3) is 0.391. The highest BCUT2D eigenvalue weighted by Crippen LogP contribution is 2.33. The number of carbonyl (C=O) groups excluding carboxylic acids is 2. The van der Waals surface area contributed by atoms with E-state index in [0.717, 1.165) is 28.9 Å². The predicted molar refractivity (Wildman–Crippen MR) is 116 cm³/mol. The van der Waals surface area contributed by atoms with Crippen LogP contribution in [0.15, 0.2) is 36.4 Å². The lowest BCUT2D eigenvalue weighted by atomic mass is 10.1.